The Balaban J connectivity index is 1.65. The fourth-order valence-corrected chi connectivity index (χ4v) is 5.48. The van der Waals surface area contributed by atoms with Crippen LogP contribution in [0.2, 0.25) is 0 Å². The maximum Gasteiger partial charge on any atom is 0.151 e. The van der Waals surface area contributed by atoms with Gasteiger partial charge in [-0.05, 0) is 36.1 Å². The second-order valence-corrected chi connectivity index (χ2v) is 10.0. The minimum atomic E-state index is -3.03. The predicted molar refractivity (Wildman–Crippen MR) is 117 cm³/mol. The number of aliphatic hydroxyl groups excluding tert-OH is 1. The Bertz CT molecular complexity index is 942. The Hall–Kier alpha value is -2.22. The molecule has 1 heterocycles. The van der Waals surface area contributed by atoms with Gasteiger partial charge in [-0.2, -0.15) is 0 Å². The molecule has 1 aliphatic heterocycles. The lowest BCUT2D eigenvalue weighted by Crippen LogP contribution is -2.42. The second-order valence-electron chi connectivity index (χ2n) is 7.81. The SMILES string of the molecule is CCc1ccc(CN(CC(O)COc2cccc(C=O)c2)C2CCS(=O)(=O)C2)cc1. The van der Waals surface area contributed by atoms with Gasteiger partial charge in [-0.1, -0.05) is 43.3 Å². The van der Waals surface area contributed by atoms with Crippen LogP contribution < -0.4 is 4.74 Å². The third-order valence-corrected chi connectivity index (χ3v) is 7.17. The topological polar surface area (TPSA) is 83.9 Å². The Morgan fingerprint density at radius 2 is 1.93 bits per heavy atom. The van der Waals surface area contributed by atoms with E-state index < -0.39 is 15.9 Å². The molecule has 0 saturated carbocycles. The Kier molecular flexibility index (Phi) is 7.64. The van der Waals surface area contributed by atoms with Crippen LogP contribution in [-0.2, 0) is 22.8 Å². The van der Waals surface area contributed by atoms with Gasteiger partial charge in [0.2, 0.25) is 0 Å². The summed E-state index contributed by atoms with van der Waals surface area (Å²) in [6.07, 6.45) is 1.49. The van der Waals surface area contributed by atoms with E-state index in [0.29, 0.717) is 30.8 Å². The van der Waals surface area contributed by atoms with Crippen molar-refractivity contribution in [3.05, 3.63) is 65.2 Å². The fourth-order valence-electron chi connectivity index (χ4n) is 3.71. The van der Waals surface area contributed by atoms with Crippen LogP contribution in [0.5, 0.6) is 5.75 Å². The average molecular weight is 432 g/mol. The molecule has 2 atom stereocenters. The van der Waals surface area contributed by atoms with Gasteiger partial charge in [0.05, 0.1) is 11.5 Å². The largest absolute Gasteiger partial charge is 0.491 e. The monoisotopic (exact) mass is 431 g/mol. The van der Waals surface area contributed by atoms with Crippen molar-refractivity contribution in [2.24, 2.45) is 0 Å². The standard InChI is InChI=1S/C23H29NO5S/c1-2-18-6-8-19(9-7-18)13-24(21-10-11-30(27,28)17-21)14-22(26)16-29-23-5-3-4-20(12-23)15-25/h3-9,12,15,21-22,26H,2,10-11,13-14,16-17H2,1H3. The maximum atomic E-state index is 12.0. The number of aldehydes is 1. The second kappa shape index (κ2) is 10.2. The summed E-state index contributed by atoms with van der Waals surface area (Å²) in [5.41, 5.74) is 2.85. The number of carbonyl (C=O) groups excluding carboxylic acids is 1. The van der Waals surface area contributed by atoms with Crippen LogP contribution in [0.3, 0.4) is 0 Å². The van der Waals surface area contributed by atoms with Crippen molar-refractivity contribution in [1.29, 1.82) is 0 Å². The third kappa shape index (κ3) is 6.39. The predicted octanol–water partition coefficient (Wildman–Crippen LogP) is 2.49. The smallest absolute Gasteiger partial charge is 0.151 e. The normalized spacial score (nSPS) is 19.0. The lowest BCUT2D eigenvalue weighted by molar-refractivity contribution is 0.0524. The average Bonchev–Trinajstić information content (AvgIpc) is 3.12. The molecule has 0 amide bonds. The molecule has 1 aliphatic rings. The number of carbonyl (C=O) groups is 1. The van der Waals surface area contributed by atoms with Crippen molar-refractivity contribution in [1.82, 2.24) is 4.90 Å². The zero-order chi connectivity index (χ0) is 21.6. The highest BCUT2D eigenvalue weighted by molar-refractivity contribution is 7.91. The van der Waals surface area contributed by atoms with E-state index >= 15 is 0 Å². The quantitative estimate of drug-likeness (QED) is 0.582. The Morgan fingerprint density at radius 1 is 1.20 bits per heavy atom. The van der Waals surface area contributed by atoms with E-state index in [1.54, 1.807) is 24.3 Å². The van der Waals surface area contributed by atoms with Gasteiger partial charge < -0.3 is 9.84 Å². The van der Waals surface area contributed by atoms with E-state index in [-0.39, 0.29) is 24.2 Å². The van der Waals surface area contributed by atoms with Crippen molar-refractivity contribution >= 4 is 16.1 Å². The molecule has 162 valence electrons. The van der Waals surface area contributed by atoms with Gasteiger partial charge >= 0.3 is 0 Å². The number of aryl methyl sites for hydroxylation is 1. The summed E-state index contributed by atoms with van der Waals surface area (Å²) < 4.78 is 29.6. The van der Waals surface area contributed by atoms with Crippen molar-refractivity contribution in [3.63, 3.8) is 0 Å². The molecule has 2 aromatic rings. The first-order chi connectivity index (χ1) is 14.4. The maximum absolute atomic E-state index is 12.0. The van der Waals surface area contributed by atoms with Crippen LogP contribution in [-0.4, -0.2) is 61.5 Å². The number of ether oxygens (including phenoxy) is 1. The van der Waals surface area contributed by atoms with Crippen LogP contribution >= 0.6 is 0 Å². The molecular formula is C23H29NO5S. The highest BCUT2D eigenvalue weighted by atomic mass is 32.2. The third-order valence-electron chi connectivity index (χ3n) is 5.42. The van der Waals surface area contributed by atoms with E-state index in [1.165, 1.54) is 5.56 Å². The molecule has 6 nitrogen and oxygen atoms in total. The molecule has 30 heavy (non-hydrogen) atoms. The van der Waals surface area contributed by atoms with Crippen LogP contribution in [0.1, 0.15) is 34.8 Å². The molecule has 2 aromatic carbocycles. The first kappa shape index (κ1) is 22.5. The van der Waals surface area contributed by atoms with Gasteiger partial charge in [-0.25, -0.2) is 8.42 Å². The fraction of sp³-hybridized carbons (Fsp3) is 0.435. The summed E-state index contributed by atoms with van der Waals surface area (Å²) >= 11 is 0. The van der Waals surface area contributed by atoms with Crippen molar-refractivity contribution in [2.45, 2.75) is 38.5 Å². The lowest BCUT2D eigenvalue weighted by Gasteiger charge is -2.30. The van der Waals surface area contributed by atoms with Crippen molar-refractivity contribution in [2.75, 3.05) is 24.7 Å². The zero-order valence-electron chi connectivity index (χ0n) is 17.2. The number of hydrogen-bond donors (Lipinski definition) is 1. The minimum absolute atomic E-state index is 0.0626. The van der Waals surface area contributed by atoms with E-state index in [9.17, 15) is 18.3 Å². The minimum Gasteiger partial charge on any atom is -0.491 e. The molecule has 2 unspecified atom stereocenters. The number of benzene rings is 2. The molecule has 1 saturated heterocycles. The molecule has 1 N–H and O–H groups in total. The van der Waals surface area contributed by atoms with E-state index in [0.717, 1.165) is 18.3 Å². The van der Waals surface area contributed by atoms with E-state index in [1.807, 2.05) is 4.90 Å². The highest BCUT2D eigenvalue weighted by Gasteiger charge is 2.33. The molecular weight excluding hydrogens is 402 g/mol. The summed E-state index contributed by atoms with van der Waals surface area (Å²) in [6.45, 7) is 3.05. The molecule has 0 spiro atoms. The van der Waals surface area contributed by atoms with Crippen LogP contribution in [0.25, 0.3) is 0 Å². The highest BCUT2D eigenvalue weighted by Crippen LogP contribution is 2.21. The van der Waals surface area contributed by atoms with Gasteiger partial charge in [-0.15, -0.1) is 0 Å². The van der Waals surface area contributed by atoms with Crippen molar-refractivity contribution in [3.8, 4) is 5.75 Å². The van der Waals surface area contributed by atoms with Gasteiger partial charge in [0.25, 0.3) is 0 Å². The molecule has 0 radical (unpaired) electrons. The number of hydrogen-bond acceptors (Lipinski definition) is 6. The van der Waals surface area contributed by atoms with Crippen molar-refractivity contribution < 1.29 is 23.1 Å². The lowest BCUT2D eigenvalue weighted by atomic mass is 10.1. The zero-order valence-corrected chi connectivity index (χ0v) is 18.1. The van der Waals surface area contributed by atoms with E-state index in [4.69, 9.17) is 4.74 Å². The molecule has 1 fully saturated rings. The van der Waals surface area contributed by atoms with Gasteiger partial charge in [0, 0.05) is 24.7 Å². The molecule has 7 heteroatoms. The number of aliphatic hydroxyl groups is 1. The molecule has 0 aliphatic carbocycles. The Morgan fingerprint density at radius 3 is 2.57 bits per heavy atom. The molecule has 0 bridgehead atoms. The summed E-state index contributed by atoms with van der Waals surface area (Å²) in [7, 11) is -3.03. The Labute approximate surface area is 178 Å². The van der Waals surface area contributed by atoms with Crippen LogP contribution in [0.4, 0.5) is 0 Å². The summed E-state index contributed by atoms with van der Waals surface area (Å²) in [4.78, 5) is 12.9. The first-order valence-corrected chi connectivity index (χ1v) is 12.1. The van der Waals surface area contributed by atoms with Crippen LogP contribution in [0, 0.1) is 0 Å². The summed E-state index contributed by atoms with van der Waals surface area (Å²) in [6, 6.07) is 14.9. The molecule has 3 rings (SSSR count). The number of nitrogens with zero attached hydrogens (tertiary/aromatic N) is 1. The number of sulfone groups is 1. The first-order valence-electron chi connectivity index (χ1n) is 10.3. The van der Waals surface area contributed by atoms with E-state index in [2.05, 4.69) is 31.2 Å². The van der Waals surface area contributed by atoms with Gasteiger partial charge in [-0.3, -0.25) is 9.69 Å². The summed E-state index contributed by atoms with van der Waals surface area (Å²) in [5.74, 6) is 0.826. The van der Waals surface area contributed by atoms with Gasteiger partial charge in [0.15, 0.2) is 9.84 Å². The number of rotatable bonds is 10. The molecule has 0 aromatic heterocycles. The summed E-state index contributed by atoms with van der Waals surface area (Å²) in [5, 5.41) is 10.6. The van der Waals surface area contributed by atoms with Crippen LogP contribution in [0.15, 0.2) is 48.5 Å². The van der Waals surface area contributed by atoms with Gasteiger partial charge in [0.1, 0.15) is 24.7 Å².